The van der Waals surface area contributed by atoms with Gasteiger partial charge in [-0.05, 0) is 68.8 Å². The minimum atomic E-state index is -0.0652. The molecule has 1 heterocycles. The summed E-state index contributed by atoms with van der Waals surface area (Å²) in [5, 5.41) is 0. The van der Waals surface area contributed by atoms with Gasteiger partial charge in [-0.2, -0.15) is 0 Å². The fourth-order valence-corrected chi connectivity index (χ4v) is 2.94. The Morgan fingerprint density at radius 3 is 2.36 bits per heavy atom. The van der Waals surface area contributed by atoms with Crippen LogP contribution >= 0.6 is 0 Å². The topological polar surface area (TPSA) is 45.6 Å². The molecule has 132 valence electrons. The smallest absolute Gasteiger partial charge is 0.204 e. The van der Waals surface area contributed by atoms with Gasteiger partial charge in [-0.25, -0.2) is 4.99 Å². The van der Waals surface area contributed by atoms with Crippen LogP contribution in [-0.2, 0) is 16.5 Å². The molecular weight excluding hydrogens is 357 g/mol. The third-order valence-electron chi connectivity index (χ3n) is 4.27. The van der Waals surface area contributed by atoms with Crippen molar-refractivity contribution in [3.63, 3.8) is 0 Å². The molecule has 2 aromatic rings. The van der Waals surface area contributed by atoms with Crippen LogP contribution in [0.2, 0.25) is 0 Å². The molecule has 0 unspecified atom stereocenters. The maximum Gasteiger partial charge on any atom is 0.204 e. The number of benzene rings is 1. The average Bonchev–Trinajstić information content (AvgIpc) is 2.60. The van der Waals surface area contributed by atoms with Gasteiger partial charge in [0.1, 0.15) is 5.69 Å². The van der Waals surface area contributed by atoms with Crippen LogP contribution in [0.3, 0.4) is 0 Å². The molecule has 1 aliphatic carbocycles. The van der Waals surface area contributed by atoms with E-state index in [0.29, 0.717) is 5.69 Å². The second kappa shape index (κ2) is 8.22. The molecule has 0 spiro atoms. The predicted octanol–water partition coefficient (Wildman–Crippen LogP) is 4.11. The second-order valence-electron chi connectivity index (χ2n) is 5.73. The summed E-state index contributed by atoms with van der Waals surface area (Å²) >= 11 is 0. The van der Waals surface area contributed by atoms with Gasteiger partial charge >= 0.3 is 0 Å². The maximum absolute atomic E-state index is 12.0. The number of anilines is 1. The van der Waals surface area contributed by atoms with E-state index in [0.717, 1.165) is 35.6 Å². The number of aromatic nitrogens is 1. The normalized spacial score (nSPS) is 14.2. The zero-order valence-electron chi connectivity index (χ0n) is 14.6. The molecule has 1 aromatic heterocycles. The van der Waals surface area contributed by atoms with E-state index in [9.17, 15) is 4.79 Å². The standard InChI is InChI=1S/C20H21N3O.Ni/c1-4-23(5-2)16-8-6-15(7-9-16)22-17-10-11-18(24)20-19(17)14(3)12-13-21-20;/h6-13H,4-5H2,1-3H3;. The summed E-state index contributed by atoms with van der Waals surface area (Å²) in [6, 6.07) is 10.1. The van der Waals surface area contributed by atoms with E-state index >= 15 is 0 Å². The molecule has 0 radical (unpaired) electrons. The van der Waals surface area contributed by atoms with Crippen molar-refractivity contribution in [1.29, 1.82) is 0 Å². The summed E-state index contributed by atoms with van der Waals surface area (Å²) in [6.07, 6.45) is 4.98. The van der Waals surface area contributed by atoms with Gasteiger partial charge in [0.25, 0.3) is 0 Å². The Balaban J connectivity index is 0.00000225. The number of allylic oxidation sites excluding steroid dienone is 2. The predicted molar refractivity (Wildman–Crippen MR) is 98.6 cm³/mol. The minimum Gasteiger partial charge on any atom is -0.372 e. The molecule has 0 saturated carbocycles. The quantitative estimate of drug-likeness (QED) is 0.753. The molecular formula is C20H21N3NiO. The van der Waals surface area contributed by atoms with Crippen LogP contribution in [0.4, 0.5) is 11.4 Å². The van der Waals surface area contributed by atoms with Gasteiger partial charge in [-0.15, -0.1) is 0 Å². The summed E-state index contributed by atoms with van der Waals surface area (Å²) in [6.45, 7) is 8.23. The van der Waals surface area contributed by atoms with E-state index in [2.05, 4.69) is 35.9 Å². The first kappa shape index (κ1) is 19.1. The van der Waals surface area contributed by atoms with Gasteiger partial charge in [0, 0.05) is 47.0 Å². The van der Waals surface area contributed by atoms with E-state index in [1.54, 1.807) is 12.3 Å². The van der Waals surface area contributed by atoms with E-state index in [1.807, 2.05) is 25.1 Å². The zero-order chi connectivity index (χ0) is 17.1. The van der Waals surface area contributed by atoms with Crippen molar-refractivity contribution in [2.75, 3.05) is 18.0 Å². The number of hydrogen-bond donors (Lipinski definition) is 0. The molecule has 5 heteroatoms. The van der Waals surface area contributed by atoms with Crippen molar-refractivity contribution in [3.8, 4) is 0 Å². The average molecular weight is 378 g/mol. The number of aliphatic imine (C=N–C) groups is 1. The van der Waals surface area contributed by atoms with Crippen molar-refractivity contribution >= 4 is 22.9 Å². The molecule has 0 fully saturated rings. The van der Waals surface area contributed by atoms with Crippen molar-refractivity contribution in [3.05, 3.63) is 65.5 Å². The summed E-state index contributed by atoms with van der Waals surface area (Å²) in [5.74, 6) is -0.0652. The van der Waals surface area contributed by atoms with E-state index in [1.165, 1.54) is 11.8 Å². The Bertz CT molecular complexity index is 821. The van der Waals surface area contributed by atoms with Gasteiger partial charge in [0.05, 0.1) is 11.4 Å². The Labute approximate surface area is 158 Å². The molecule has 3 rings (SSSR count). The van der Waals surface area contributed by atoms with Crippen molar-refractivity contribution in [2.45, 2.75) is 20.8 Å². The van der Waals surface area contributed by atoms with Crippen LogP contribution in [0.15, 0.2) is 53.7 Å². The van der Waals surface area contributed by atoms with Gasteiger partial charge in [-0.3, -0.25) is 9.78 Å². The van der Waals surface area contributed by atoms with Crippen LogP contribution in [-0.4, -0.2) is 29.6 Å². The van der Waals surface area contributed by atoms with Crippen molar-refractivity contribution in [2.24, 2.45) is 4.99 Å². The van der Waals surface area contributed by atoms with Crippen LogP contribution in [0.25, 0.3) is 0 Å². The first-order chi connectivity index (χ1) is 11.6. The Kier molecular flexibility index (Phi) is 6.27. The molecule has 25 heavy (non-hydrogen) atoms. The van der Waals surface area contributed by atoms with Crippen molar-refractivity contribution < 1.29 is 21.3 Å². The molecule has 1 aliphatic rings. The largest absolute Gasteiger partial charge is 0.372 e. The van der Waals surface area contributed by atoms with Crippen LogP contribution < -0.4 is 4.90 Å². The fourth-order valence-electron chi connectivity index (χ4n) is 2.94. The number of ketones is 1. The first-order valence-electron chi connectivity index (χ1n) is 8.26. The molecule has 0 amide bonds. The summed E-state index contributed by atoms with van der Waals surface area (Å²) in [4.78, 5) is 23.3. The molecule has 0 aliphatic heterocycles. The Morgan fingerprint density at radius 1 is 1.04 bits per heavy atom. The van der Waals surface area contributed by atoms with Crippen LogP contribution in [0, 0.1) is 6.92 Å². The molecule has 1 aromatic carbocycles. The zero-order valence-corrected chi connectivity index (χ0v) is 15.6. The number of hydrogen-bond acceptors (Lipinski definition) is 4. The van der Waals surface area contributed by atoms with Crippen LogP contribution in [0.1, 0.15) is 35.5 Å². The molecule has 4 nitrogen and oxygen atoms in total. The second-order valence-corrected chi connectivity index (χ2v) is 5.73. The van der Waals surface area contributed by atoms with Gasteiger partial charge in [-0.1, -0.05) is 0 Å². The number of aryl methyl sites for hydroxylation is 1. The Hall–Kier alpha value is -2.26. The number of pyridine rings is 1. The third-order valence-corrected chi connectivity index (χ3v) is 4.27. The van der Waals surface area contributed by atoms with Gasteiger partial charge in [0.2, 0.25) is 5.78 Å². The van der Waals surface area contributed by atoms with Gasteiger partial charge in [0.15, 0.2) is 0 Å². The van der Waals surface area contributed by atoms with Gasteiger partial charge < -0.3 is 4.90 Å². The monoisotopic (exact) mass is 377 g/mol. The SMILES string of the molecule is CCN(CC)c1ccc(N=C2C=CC(=O)c3nccc(C)c32)cc1.[Ni]. The minimum absolute atomic E-state index is 0. The molecule has 0 bridgehead atoms. The number of rotatable bonds is 4. The molecule has 0 N–H and O–H groups in total. The summed E-state index contributed by atoms with van der Waals surface area (Å²) < 4.78 is 0. The van der Waals surface area contributed by atoms with Crippen LogP contribution in [0.5, 0.6) is 0 Å². The van der Waals surface area contributed by atoms with Crippen molar-refractivity contribution in [1.82, 2.24) is 4.98 Å². The summed E-state index contributed by atoms with van der Waals surface area (Å²) in [7, 11) is 0. The summed E-state index contributed by atoms with van der Waals surface area (Å²) in [5.41, 5.74) is 5.17. The van der Waals surface area contributed by atoms with E-state index in [4.69, 9.17) is 4.99 Å². The number of fused-ring (bicyclic) bond motifs is 1. The maximum atomic E-state index is 12.0. The number of nitrogens with zero attached hydrogens (tertiary/aromatic N) is 3. The number of carbonyl (C=O) groups excluding carboxylic acids is 1. The fraction of sp³-hybridized carbons (Fsp3) is 0.250. The van der Waals surface area contributed by atoms with E-state index in [-0.39, 0.29) is 22.3 Å². The number of carbonyl (C=O) groups is 1. The van der Waals surface area contributed by atoms with E-state index < -0.39 is 0 Å². The molecule has 0 atom stereocenters. The first-order valence-corrected chi connectivity index (χ1v) is 8.26. The third kappa shape index (κ3) is 3.88. The molecule has 0 saturated heterocycles. The Morgan fingerprint density at radius 2 is 1.72 bits per heavy atom.